The summed E-state index contributed by atoms with van der Waals surface area (Å²) in [4.78, 5) is 24.3. The first-order valence-corrected chi connectivity index (χ1v) is 11.8. The van der Waals surface area contributed by atoms with Crippen LogP contribution in [0.1, 0.15) is 26.7 Å². The first kappa shape index (κ1) is 20.9. The van der Waals surface area contributed by atoms with Gasteiger partial charge in [0.25, 0.3) is 5.91 Å². The van der Waals surface area contributed by atoms with E-state index in [1.165, 1.54) is 16.7 Å². The number of aliphatic imine (C=N–C) groups is 1. The van der Waals surface area contributed by atoms with Crippen LogP contribution in [0.25, 0.3) is 0 Å². The van der Waals surface area contributed by atoms with E-state index in [-0.39, 0.29) is 5.91 Å². The van der Waals surface area contributed by atoms with Gasteiger partial charge in [-0.1, -0.05) is 49.4 Å². The molecule has 0 N–H and O–H groups in total. The monoisotopic (exact) mass is 439 g/mol. The molecule has 2 aromatic rings. The highest BCUT2D eigenvalue weighted by Gasteiger charge is 2.39. The molecule has 0 unspecified atom stereocenters. The molecular weight excluding hydrogens is 414 g/mol. The highest BCUT2D eigenvalue weighted by atomic mass is 32.2. The van der Waals surface area contributed by atoms with Crippen molar-refractivity contribution in [2.24, 2.45) is 4.99 Å². The minimum absolute atomic E-state index is 0.0378. The van der Waals surface area contributed by atoms with E-state index in [0.29, 0.717) is 17.5 Å². The quantitative estimate of drug-likeness (QED) is 0.528. The van der Waals surface area contributed by atoms with Crippen LogP contribution in [0.4, 0.5) is 11.4 Å². The molecule has 2 heterocycles. The van der Waals surface area contributed by atoms with E-state index in [4.69, 9.17) is 9.73 Å². The lowest BCUT2D eigenvalue weighted by molar-refractivity contribution is -0.122. The Kier molecular flexibility index (Phi) is 6.39. The third-order valence-electron chi connectivity index (χ3n) is 5.02. The molecule has 156 valence electrons. The van der Waals surface area contributed by atoms with Crippen LogP contribution in [0, 0.1) is 0 Å². The topological polar surface area (TPSA) is 45.1 Å². The Balaban J connectivity index is 1.76. The van der Waals surface area contributed by atoms with Crippen molar-refractivity contribution in [3.63, 3.8) is 0 Å². The van der Waals surface area contributed by atoms with Gasteiger partial charge >= 0.3 is 0 Å². The van der Waals surface area contributed by atoms with Crippen molar-refractivity contribution in [3.8, 4) is 5.75 Å². The number of unbranched alkanes of at least 4 members (excludes halogenated alkanes) is 1. The average Bonchev–Trinajstić information content (AvgIpc) is 3.29. The van der Waals surface area contributed by atoms with Gasteiger partial charge in [0.15, 0.2) is 5.17 Å². The van der Waals surface area contributed by atoms with Gasteiger partial charge in [-0.05, 0) is 49.4 Å². The number of rotatable bonds is 6. The Morgan fingerprint density at radius 1 is 1.00 bits per heavy atom. The largest absolute Gasteiger partial charge is 0.494 e. The number of thioether (sulfide) groups is 2. The molecule has 0 radical (unpaired) electrons. The second-order valence-electron chi connectivity index (χ2n) is 6.93. The predicted octanol–water partition coefficient (Wildman–Crippen LogP) is 5.86. The first-order chi connectivity index (χ1) is 14.7. The van der Waals surface area contributed by atoms with Crippen LogP contribution in [0.2, 0.25) is 0 Å². The number of methoxy groups -OCH3 is 1. The zero-order valence-corrected chi connectivity index (χ0v) is 19.1. The molecule has 2 aromatic carbocycles. The zero-order chi connectivity index (χ0) is 21.1. The summed E-state index contributed by atoms with van der Waals surface area (Å²) in [7, 11) is 1.64. The molecule has 0 aromatic heterocycles. The Bertz CT molecular complexity index is 1020. The Labute approximate surface area is 186 Å². The van der Waals surface area contributed by atoms with Gasteiger partial charge in [0.2, 0.25) is 0 Å². The Hall–Kier alpha value is -2.38. The number of anilines is 1. The van der Waals surface area contributed by atoms with Gasteiger partial charge in [-0.25, -0.2) is 4.99 Å². The van der Waals surface area contributed by atoms with Crippen molar-refractivity contribution < 1.29 is 9.53 Å². The van der Waals surface area contributed by atoms with Crippen LogP contribution in [0.15, 0.2) is 68.4 Å². The van der Waals surface area contributed by atoms with Gasteiger partial charge < -0.3 is 9.64 Å². The third-order valence-corrected chi connectivity index (χ3v) is 7.40. The van der Waals surface area contributed by atoms with Gasteiger partial charge in [0.05, 0.1) is 12.8 Å². The van der Waals surface area contributed by atoms with Crippen molar-refractivity contribution in [1.82, 2.24) is 4.90 Å². The van der Waals surface area contributed by atoms with Crippen molar-refractivity contribution in [3.05, 3.63) is 58.5 Å². The van der Waals surface area contributed by atoms with Gasteiger partial charge in [0.1, 0.15) is 21.4 Å². The van der Waals surface area contributed by atoms with Crippen LogP contribution >= 0.6 is 23.5 Å². The van der Waals surface area contributed by atoms with E-state index in [1.54, 1.807) is 18.9 Å². The number of amides is 1. The highest BCUT2D eigenvalue weighted by Crippen LogP contribution is 2.50. The lowest BCUT2D eigenvalue weighted by atomic mass is 10.3. The van der Waals surface area contributed by atoms with Crippen molar-refractivity contribution in [1.29, 1.82) is 0 Å². The number of carbonyl (C=O) groups excluding carboxylic acids is 1. The summed E-state index contributed by atoms with van der Waals surface area (Å²) in [5.41, 5.74) is 1.90. The molecule has 1 fully saturated rings. The molecule has 2 aliphatic rings. The number of hydrogen-bond acceptors (Lipinski definition) is 6. The molecule has 1 amide bonds. The fraction of sp³-hybridized carbons (Fsp3) is 0.304. The molecule has 0 saturated carbocycles. The smallest absolute Gasteiger partial charge is 0.269 e. The van der Waals surface area contributed by atoms with E-state index in [9.17, 15) is 4.79 Å². The van der Waals surface area contributed by atoms with Gasteiger partial charge in [-0.2, -0.15) is 0 Å². The minimum atomic E-state index is 0.0378. The summed E-state index contributed by atoms with van der Waals surface area (Å²) in [5.74, 6) is 0.739. The molecule has 2 aliphatic heterocycles. The van der Waals surface area contributed by atoms with E-state index in [0.717, 1.165) is 40.7 Å². The van der Waals surface area contributed by atoms with E-state index < -0.39 is 0 Å². The van der Waals surface area contributed by atoms with Crippen molar-refractivity contribution >= 4 is 46.0 Å². The fourth-order valence-corrected chi connectivity index (χ4v) is 5.89. The second kappa shape index (κ2) is 9.18. The van der Waals surface area contributed by atoms with E-state index >= 15 is 0 Å². The first-order valence-electron chi connectivity index (χ1n) is 10.2. The molecule has 0 spiro atoms. The SMILES string of the molecule is CCCCN1C(=O)/C(=C2/Sc3ccccc3N2CC)SC1=Nc1ccccc1OC. The summed E-state index contributed by atoms with van der Waals surface area (Å²) < 4.78 is 5.46. The number of amidine groups is 1. The lowest BCUT2D eigenvalue weighted by Gasteiger charge is -2.19. The van der Waals surface area contributed by atoms with Crippen molar-refractivity contribution in [2.45, 2.75) is 31.6 Å². The van der Waals surface area contributed by atoms with Crippen LogP contribution < -0.4 is 9.64 Å². The number of carbonyl (C=O) groups is 1. The summed E-state index contributed by atoms with van der Waals surface area (Å²) in [6.07, 6.45) is 1.95. The number of nitrogens with zero attached hydrogens (tertiary/aromatic N) is 3. The summed E-state index contributed by atoms with van der Waals surface area (Å²) >= 11 is 3.14. The molecule has 4 rings (SSSR count). The summed E-state index contributed by atoms with van der Waals surface area (Å²) in [6, 6.07) is 16.0. The molecule has 0 atom stereocenters. The van der Waals surface area contributed by atoms with Gasteiger partial charge in [-0.3, -0.25) is 9.69 Å². The minimum Gasteiger partial charge on any atom is -0.494 e. The number of hydrogen-bond donors (Lipinski definition) is 0. The van der Waals surface area contributed by atoms with Crippen LogP contribution in [-0.4, -0.2) is 36.2 Å². The molecule has 1 saturated heterocycles. The molecule has 5 nitrogen and oxygen atoms in total. The standard InChI is InChI=1S/C23H25N3O2S2/c1-4-6-15-26-21(27)20(22-25(5-2)17-12-8-10-14-19(17)29-22)30-23(26)24-16-11-7-9-13-18(16)28-3/h7-14H,4-6,15H2,1-3H3/b22-20-,24-23?. The number of fused-ring (bicyclic) bond motifs is 1. The number of ether oxygens (including phenoxy) is 1. The number of para-hydroxylation sites is 3. The Morgan fingerprint density at radius 2 is 1.77 bits per heavy atom. The maximum Gasteiger partial charge on any atom is 0.269 e. The van der Waals surface area contributed by atoms with E-state index in [1.807, 2.05) is 41.3 Å². The van der Waals surface area contributed by atoms with Crippen LogP contribution in [-0.2, 0) is 4.79 Å². The fourth-order valence-electron chi connectivity index (χ4n) is 3.47. The molecule has 0 bridgehead atoms. The maximum absolute atomic E-state index is 13.5. The summed E-state index contributed by atoms with van der Waals surface area (Å²) in [6.45, 7) is 5.72. The third kappa shape index (κ3) is 3.84. The average molecular weight is 440 g/mol. The summed E-state index contributed by atoms with van der Waals surface area (Å²) in [5, 5.41) is 1.72. The van der Waals surface area contributed by atoms with E-state index in [2.05, 4.69) is 30.9 Å². The molecule has 7 heteroatoms. The van der Waals surface area contributed by atoms with Gasteiger partial charge in [-0.15, -0.1) is 0 Å². The van der Waals surface area contributed by atoms with Crippen LogP contribution in [0.3, 0.4) is 0 Å². The molecule has 0 aliphatic carbocycles. The Morgan fingerprint density at radius 3 is 2.53 bits per heavy atom. The predicted molar refractivity (Wildman–Crippen MR) is 127 cm³/mol. The lowest BCUT2D eigenvalue weighted by Crippen LogP contribution is -2.30. The van der Waals surface area contributed by atoms with Crippen molar-refractivity contribution in [2.75, 3.05) is 25.1 Å². The molecular formula is C23H25N3O2S2. The highest BCUT2D eigenvalue weighted by molar-refractivity contribution is 8.19. The maximum atomic E-state index is 13.5. The van der Waals surface area contributed by atoms with Gasteiger partial charge in [0, 0.05) is 18.0 Å². The second-order valence-corrected chi connectivity index (χ2v) is 8.94. The zero-order valence-electron chi connectivity index (χ0n) is 17.4. The molecule has 30 heavy (non-hydrogen) atoms. The normalized spacial score (nSPS) is 19.7. The number of benzene rings is 2. The van der Waals surface area contributed by atoms with Crippen LogP contribution in [0.5, 0.6) is 5.75 Å².